The normalized spacial score (nSPS) is 12.5. The maximum absolute atomic E-state index is 13.1. The van der Waals surface area contributed by atoms with Gasteiger partial charge >= 0.3 is 0 Å². The molecule has 0 aliphatic heterocycles. The van der Waals surface area contributed by atoms with E-state index in [1.54, 1.807) is 24.3 Å². The average Bonchev–Trinajstić information content (AvgIpc) is 2.68. The largest absolute Gasteiger partial charge is 0.496 e. The van der Waals surface area contributed by atoms with Gasteiger partial charge in [-0.15, -0.1) is 0 Å². The SMILES string of the molecule is COc1ccccc1C[C@@H](NC(=O)[C@@H](Cc1ccc(F)cc1)NC(C)=O)C(N)=O. The minimum atomic E-state index is -0.997. The van der Waals surface area contributed by atoms with E-state index in [1.807, 2.05) is 0 Å². The second-order valence-corrected chi connectivity index (χ2v) is 6.56. The van der Waals surface area contributed by atoms with Gasteiger partial charge in [0, 0.05) is 19.8 Å². The van der Waals surface area contributed by atoms with Gasteiger partial charge in [-0.2, -0.15) is 0 Å². The molecule has 29 heavy (non-hydrogen) atoms. The van der Waals surface area contributed by atoms with E-state index < -0.39 is 35.6 Å². The van der Waals surface area contributed by atoms with Crippen molar-refractivity contribution in [3.8, 4) is 5.75 Å². The number of ether oxygens (including phenoxy) is 1. The third-order valence-corrected chi connectivity index (χ3v) is 4.32. The highest BCUT2D eigenvalue weighted by molar-refractivity contribution is 5.91. The summed E-state index contributed by atoms with van der Waals surface area (Å²) >= 11 is 0. The molecule has 0 aliphatic carbocycles. The highest BCUT2D eigenvalue weighted by atomic mass is 19.1. The molecule has 2 rings (SSSR count). The number of nitrogens with one attached hydrogen (secondary N) is 2. The molecule has 3 amide bonds. The van der Waals surface area contributed by atoms with E-state index in [9.17, 15) is 18.8 Å². The second-order valence-electron chi connectivity index (χ2n) is 6.56. The number of nitrogens with two attached hydrogens (primary N) is 1. The molecule has 0 saturated carbocycles. The van der Waals surface area contributed by atoms with Crippen LogP contribution in [0.4, 0.5) is 4.39 Å². The van der Waals surface area contributed by atoms with Gasteiger partial charge in [-0.1, -0.05) is 30.3 Å². The Morgan fingerprint density at radius 3 is 2.24 bits per heavy atom. The van der Waals surface area contributed by atoms with Crippen molar-refractivity contribution in [2.24, 2.45) is 5.73 Å². The van der Waals surface area contributed by atoms with Crippen LogP contribution in [0.25, 0.3) is 0 Å². The van der Waals surface area contributed by atoms with Gasteiger partial charge in [-0.05, 0) is 29.3 Å². The molecule has 0 saturated heterocycles. The number of rotatable bonds is 9. The van der Waals surface area contributed by atoms with E-state index >= 15 is 0 Å². The molecule has 0 bridgehead atoms. The van der Waals surface area contributed by atoms with Crippen LogP contribution in [0.5, 0.6) is 5.75 Å². The topological polar surface area (TPSA) is 111 Å². The summed E-state index contributed by atoms with van der Waals surface area (Å²) in [6, 6.07) is 10.7. The van der Waals surface area contributed by atoms with Crippen LogP contribution in [0.1, 0.15) is 18.1 Å². The Hall–Kier alpha value is -3.42. The lowest BCUT2D eigenvalue weighted by molar-refractivity contribution is -0.130. The summed E-state index contributed by atoms with van der Waals surface area (Å²) in [6.07, 6.45) is 0.264. The first-order chi connectivity index (χ1) is 13.8. The molecule has 0 aliphatic rings. The molecular weight excluding hydrogens is 377 g/mol. The number of para-hydroxylation sites is 1. The number of halogens is 1. The molecule has 8 heteroatoms. The third-order valence-electron chi connectivity index (χ3n) is 4.32. The minimum Gasteiger partial charge on any atom is -0.496 e. The molecule has 0 spiro atoms. The van der Waals surface area contributed by atoms with Gasteiger partial charge in [0.1, 0.15) is 23.7 Å². The molecule has 2 aromatic rings. The number of hydrogen-bond acceptors (Lipinski definition) is 4. The number of carbonyl (C=O) groups is 3. The Balaban J connectivity index is 2.16. The maximum atomic E-state index is 13.1. The zero-order valence-corrected chi connectivity index (χ0v) is 16.3. The van der Waals surface area contributed by atoms with Gasteiger partial charge in [0.25, 0.3) is 0 Å². The average molecular weight is 401 g/mol. The zero-order chi connectivity index (χ0) is 21.4. The standard InChI is InChI=1S/C21H24FN3O4/c1-13(26)24-18(11-14-7-9-16(22)10-8-14)21(28)25-17(20(23)27)12-15-5-3-4-6-19(15)29-2/h3-10,17-18H,11-12H2,1-2H3,(H2,23,27)(H,24,26)(H,25,28)/t17-,18-/m1/s1. The molecule has 0 fully saturated rings. The monoisotopic (exact) mass is 401 g/mol. The predicted octanol–water partition coefficient (Wildman–Crippen LogP) is 1.09. The third kappa shape index (κ3) is 6.60. The van der Waals surface area contributed by atoms with Crippen LogP contribution in [0.3, 0.4) is 0 Å². The highest BCUT2D eigenvalue weighted by Crippen LogP contribution is 2.19. The molecule has 0 heterocycles. The van der Waals surface area contributed by atoms with Crippen molar-refractivity contribution in [1.29, 1.82) is 0 Å². The van der Waals surface area contributed by atoms with Gasteiger partial charge in [-0.25, -0.2) is 4.39 Å². The first kappa shape index (κ1) is 21.9. The molecule has 2 atom stereocenters. The van der Waals surface area contributed by atoms with Gasteiger partial charge in [0.05, 0.1) is 7.11 Å². The van der Waals surface area contributed by atoms with E-state index in [0.717, 1.165) is 0 Å². The summed E-state index contributed by atoms with van der Waals surface area (Å²) in [5.41, 5.74) is 6.83. The Kier molecular flexibility index (Phi) is 7.70. The van der Waals surface area contributed by atoms with Crippen LogP contribution in [0, 0.1) is 5.82 Å². The number of benzene rings is 2. The lowest BCUT2D eigenvalue weighted by Crippen LogP contribution is -2.54. The Bertz CT molecular complexity index is 870. The number of methoxy groups -OCH3 is 1. The number of primary amides is 1. The first-order valence-corrected chi connectivity index (χ1v) is 9.03. The number of hydrogen-bond donors (Lipinski definition) is 3. The minimum absolute atomic E-state index is 0.131. The fourth-order valence-electron chi connectivity index (χ4n) is 2.90. The van der Waals surface area contributed by atoms with Crippen molar-refractivity contribution in [2.45, 2.75) is 31.8 Å². The summed E-state index contributed by atoms with van der Waals surface area (Å²) in [7, 11) is 1.51. The van der Waals surface area contributed by atoms with Crippen molar-refractivity contribution in [3.63, 3.8) is 0 Å². The quantitative estimate of drug-likeness (QED) is 0.584. The van der Waals surface area contributed by atoms with Crippen LogP contribution in [0.15, 0.2) is 48.5 Å². The van der Waals surface area contributed by atoms with Gasteiger partial charge in [-0.3, -0.25) is 14.4 Å². The Morgan fingerprint density at radius 1 is 1.00 bits per heavy atom. The van der Waals surface area contributed by atoms with Crippen LogP contribution in [0.2, 0.25) is 0 Å². The molecule has 4 N–H and O–H groups in total. The molecule has 0 aromatic heterocycles. The van der Waals surface area contributed by atoms with E-state index in [0.29, 0.717) is 16.9 Å². The summed E-state index contributed by atoms with van der Waals surface area (Å²) in [5, 5.41) is 5.15. The van der Waals surface area contributed by atoms with Crippen LogP contribution in [-0.2, 0) is 27.2 Å². The fraction of sp³-hybridized carbons (Fsp3) is 0.286. The Morgan fingerprint density at radius 2 is 1.66 bits per heavy atom. The van der Waals surface area contributed by atoms with Gasteiger partial charge in [0.2, 0.25) is 17.7 Å². The summed E-state index contributed by atoms with van der Waals surface area (Å²) in [5.74, 6) is -1.53. The summed E-state index contributed by atoms with van der Waals surface area (Å²) < 4.78 is 18.4. The molecule has 0 unspecified atom stereocenters. The molecule has 154 valence electrons. The predicted molar refractivity (Wildman–Crippen MR) is 106 cm³/mol. The lowest BCUT2D eigenvalue weighted by Gasteiger charge is -2.22. The first-order valence-electron chi connectivity index (χ1n) is 9.03. The summed E-state index contributed by atoms with van der Waals surface area (Å²) in [6.45, 7) is 1.28. The van der Waals surface area contributed by atoms with Crippen molar-refractivity contribution in [3.05, 3.63) is 65.5 Å². The summed E-state index contributed by atoms with van der Waals surface area (Å²) in [4.78, 5) is 36.2. The molecular formula is C21H24FN3O4. The van der Waals surface area contributed by atoms with Crippen molar-refractivity contribution in [2.75, 3.05) is 7.11 Å². The maximum Gasteiger partial charge on any atom is 0.243 e. The lowest BCUT2D eigenvalue weighted by atomic mass is 10.0. The fourth-order valence-corrected chi connectivity index (χ4v) is 2.90. The van der Waals surface area contributed by atoms with E-state index in [-0.39, 0.29) is 12.8 Å². The molecule has 7 nitrogen and oxygen atoms in total. The van der Waals surface area contributed by atoms with Crippen molar-refractivity contribution < 1.29 is 23.5 Å². The second kappa shape index (κ2) is 10.2. The van der Waals surface area contributed by atoms with Crippen LogP contribution >= 0.6 is 0 Å². The van der Waals surface area contributed by atoms with Crippen LogP contribution in [-0.4, -0.2) is 36.9 Å². The van der Waals surface area contributed by atoms with Gasteiger partial charge < -0.3 is 21.1 Å². The van der Waals surface area contributed by atoms with E-state index in [1.165, 1.54) is 38.3 Å². The molecule has 0 radical (unpaired) electrons. The van der Waals surface area contributed by atoms with Crippen LogP contribution < -0.4 is 21.1 Å². The zero-order valence-electron chi connectivity index (χ0n) is 16.3. The highest BCUT2D eigenvalue weighted by Gasteiger charge is 2.26. The number of carbonyl (C=O) groups excluding carboxylic acids is 3. The number of amides is 3. The van der Waals surface area contributed by atoms with Crippen molar-refractivity contribution >= 4 is 17.7 Å². The van der Waals surface area contributed by atoms with E-state index in [2.05, 4.69) is 10.6 Å². The van der Waals surface area contributed by atoms with E-state index in [4.69, 9.17) is 10.5 Å². The van der Waals surface area contributed by atoms with Gasteiger partial charge in [0.15, 0.2) is 0 Å². The van der Waals surface area contributed by atoms with Crippen molar-refractivity contribution in [1.82, 2.24) is 10.6 Å². The Labute approximate surface area is 168 Å². The smallest absolute Gasteiger partial charge is 0.243 e. The molecule has 2 aromatic carbocycles.